The molecule has 1 fully saturated rings. The third-order valence-electron chi connectivity index (χ3n) is 4.03. The van der Waals surface area contributed by atoms with Crippen LogP contribution in [0.5, 0.6) is 0 Å². The molecule has 0 radical (unpaired) electrons. The van der Waals surface area contributed by atoms with Gasteiger partial charge in [-0.05, 0) is 32.3 Å². The third kappa shape index (κ3) is 2.43. The normalized spacial score (nSPS) is 14.6. The fourth-order valence-electron chi connectivity index (χ4n) is 2.75. The summed E-state index contributed by atoms with van der Waals surface area (Å²) in [5.41, 5.74) is 2.71. The van der Waals surface area contributed by atoms with Crippen molar-refractivity contribution in [3.05, 3.63) is 30.0 Å². The zero-order valence-electron chi connectivity index (χ0n) is 12.5. The van der Waals surface area contributed by atoms with Gasteiger partial charge in [-0.1, -0.05) is 5.16 Å². The summed E-state index contributed by atoms with van der Waals surface area (Å²) >= 11 is 0. The van der Waals surface area contributed by atoms with Gasteiger partial charge in [0.05, 0.1) is 5.69 Å². The Morgan fingerprint density at radius 1 is 1.36 bits per heavy atom. The SMILES string of the molecule is Cc1noc2ncnc(NCCCn3nccc3C3CC3)c12. The predicted octanol–water partition coefficient (Wildman–Crippen LogP) is 2.50. The van der Waals surface area contributed by atoms with Gasteiger partial charge in [0.2, 0.25) is 0 Å². The fourth-order valence-corrected chi connectivity index (χ4v) is 2.75. The number of hydrogen-bond acceptors (Lipinski definition) is 6. The van der Waals surface area contributed by atoms with Crippen molar-refractivity contribution in [2.24, 2.45) is 0 Å². The Balaban J connectivity index is 1.38. The minimum Gasteiger partial charge on any atom is -0.369 e. The summed E-state index contributed by atoms with van der Waals surface area (Å²) < 4.78 is 7.27. The van der Waals surface area contributed by atoms with Gasteiger partial charge in [0.1, 0.15) is 17.5 Å². The summed E-state index contributed by atoms with van der Waals surface area (Å²) in [5, 5.41) is 12.6. The first-order valence-corrected chi connectivity index (χ1v) is 7.65. The van der Waals surface area contributed by atoms with Crippen molar-refractivity contribution in [3.8, 4) is 0 Å². The Morgan fingerprint density at radius 3 is 3.14 bits per heavy atom. The van der Waals surface area contributed by atoms with Crippen LogP contribution in [-0.4, -0.2) is 31.4 Å². The molecule has 7 nitrogen and oxygen atoms in total. The molecule has 0 aromatic carbocycles. The minimum absolute atomic E-state index is 0.526. The van der Waals surface area contributed by atoms with Crippen LogP contribution in [0, 0.1) is 6.92 Å². The number of hydrogen-bond donors (Lipinski definition) is 1. The van der Waals surface area contributed by atoms with Crippen LogP contribution >= 0.6 is 0 Å². The topological polar surface area (TPSA) is 81.7 Å². The molecule has 0 spiro atoms. The highest BCUT2D eigenvalue weighted by molar-refractivity contribution is 5.87. The van der Waals surface area contributed by atoms with E-state index in [1.54, 1.807) is 0 Å². The maximum atomic E-state index is 5.15. The van der Waals surface area contributed by atoms with Crippen LogP contribution in [0.1, 0.15) is 36.6 Å². The predicted molar refractivity (Wildman–Crippen MR) is 81.6 cm³/mol. The standard InChI is InChI=1S/C15H18N6O/c1-10-13-14(17-9-18-15(13)22-20-10)16-6-2-8-21-12(5-7-19-21)11-3-4-11/h5,7,9,11H,2-4,6,8H2,1H3,(H,16,17,18). The number of fused-ring (bicyclic) bond motifs is 1. The first-order chi connectivity index (χ1) is 10.8. The van der Waals surface area contributed by atoms with Crippen molar-refractivity contribution < 1.29 is 4.52 Å². The first-order valence-electron chi connectivity index (χ1n) is 7.65. The van der Waals surface area contributed by atoms with E-state index in [1.165, 1.54) is 24.9 Å². The summed E-state index contributed by atoms with van der Waals surface area (Å²) in [6.07, 6.45) is 6.98. The molecule has 4 rings (SSSR count). The second-order valence-corrected chi connectivity index (χ2v) is 5.70. The number of aromatic nitrogens is 5. The highest BCUT2D eigenvalue weighted by atomic mass is 16.5. The Hall–Kier alpha value is -2.44. The molecule has 1 aliphatic rings. The van der Waals surface area contributed by atoms with Crippen LogP contribution in [0.4, 0.5) is 5.82 Å². The van der Waals surface area contributed by atoms with Gasteiger partial charge in [0.15, 0.2) is 0 Å². The van der Waals surface area contributed by atoms with Gasteiger partial charge in [0.25, 0.3) is 5.71 Å². The van der Waals surface area contributed by atoms with Gasteiger partial charge >= 0.3 is 0 Å². The van der Waals surface area contributed by atoms with E-state index in [4.69, 9.17) is 4.52 Å². The van der Waals surface area contributed by atoms with Crippen molar-refractivity contribution in [3.63, 3.8) is 0 Å². The lowest BCUT2D eigenvalue weighted by Crippen LogP contribution is -2.10. The minimum atomic E-state index is 0.526. The zero-order valence-corrected chi connectivity index (χ0v) is 12.5. The van der Waals surface area contributed by atoms with E-state index in [1.807, 2.05) is 13.1 Å². The smallest absolute Gasteiger partial charge is 0.263 e. The first kappa shape index (κ1) is 13.2. The maximum absolute atomic E-state index is 5.15. The molecule has 0 unspecified atom stereocenters. The number of nitrogens with zero attached hydrogens (tertiary/aromatic N) is 5. The third-order valence-corrected chi connectivity index (χ3v) is 4.03. The molecule has 3 heterocycles. The molecule has 0 atom stereocenters. The van der Waals surface area contributed by atoms with E-state index in [0.29, 0.717) is 5.71 Å². The molecule has 7 heteroatoms. The molecule has 1 aliphatic carbocycles. The van der Waals surface area contributed by atoms with Gasteiger partial charge in [-0.15, -0.1) is 0 Å². The molecule has 1 N–H and O–H groups in total. The molecule has 0 saturated heterocycles. The molecule has 3 aromatic rings. The highest BCUT2D eigenvalue weighted by Gasteiger charge is 2.26. The van der Waals surface area contributed by atoms with Crippen LogP contribution < -0.4 is 5.32 Å². The molecule has 22 heavy (non-hydrogen) atoms. The Labute approximate surface area is 127 Å². The van der Waals surface area contributed by atoms with E-state index in [-0.39, 0.29) is 0 Å². The molecular formula is C15H18N6O. The van der Waals surface area contributed by atoms with Crippen LogP contribution in [-0.2, 0) is 6.54 Å². The Morgan fingerprint density at radius 2 is 2.27 bits per heavy atom. The maximum Gasteiger partial charge on any atom is 0.263 e. The largest absolute Gasteiger partial charge is 0.369 e. The average molecular weight is 298 g/mol. The van der Waals surface area contributed by atoms with Crippen LogP contribution in [0.2, 0.25) is 0 Å². The number of aryl methyl sites for hydroxylation is 2. The second kappa shape index (κ2) is 5.40. The van der Waals surface area contributed by atoms with Gasteiger partial charge in [0, 0.05) is 30.9 Å². The van der Waals surface area contributed by atoms with E-state index >= 15 is 0 Å². The Kier molecular flexibility index (Phi) is 3.25. The van der Waals surface area contributed by atoms with E-state index < -0.39 is 0 Å². The zero-order chi connectivity index (χ0) is 14.9. The quantitative estimate of drug-likeness (QED) is 0.704. The average Bonchev–Trinajstić information content (AvgIpc) is 3.15. The molecule has 0 aliphatic heterocycles. The van der Waals surface area contributed by atoms with Crippen molar-refractivity contribution in [2.75, 3.05) is 11.9 Å². The van der Waals surface area contributed by atoms with E-state index in [0.717, 1.165) is 42.3 Å². The van der Waals surface area contributed by atoms with Crippen molar-refractivity contribution >= 4 is 16.9 Å². The van der Waals surface area contributed by atoms with Crippen LogP contribution in [0.15, 0.2) is 23.1 Å². The molecular weight excluding hydrogens is 280 g/mol. The van der Waals surface area contributed by atoms with E-state index in [2.05, 4.69) is 36.3 Å². The molecule has 3 aromatic heterocycles. The number of rotatable bonds is 6. The van der Waals surface area contributed by atoms with Crippen molar-refractivity contribution in [1.29, 1.82) is 0 Å². The molecule has 1 saturated carbocycles. The fraction of sp³-hybridized carbons (Fsp3) is 0.467. The molecule has 114 valence electrons. The summed E-state index contributed by atoms with van der Waals surface area (Å²) in [6, 6.07) is 2.14. The lowest BCUT2D eigenvalue weighted by Gasteiger charge is -2.08. The number of nitrogens with one attached hydrogen (secondary N) is 1. The van der Waals surface area contributed by atoms with Gasteiger partial charge in [-0.3, -0.25) is 4.68 Å². The summed E-state index contributed by atoms with van der Waals surface area (Å²) in [4.78, 5) is 8.36. The highest BCUT2D eigenvalue weighted by Crippen LogP contribution is 2.39. The van der Waals surface area contributed by atoms with Crippen molar-refractivity contribution in [1.82, 2.24) is 24.9 Å². The summed E-state index contributed by atoms with van der Waals surface area (Å²) in [6.45, 7) is 3.63. The Bertz CT molecular complexity index is 788. The van der Waals surface area contributed by atoms with Crippen LogP contribution in [0.3, 0.4) is 0 Å². The molecule has 0 amide bonds. The summed E-state index contributed by atoms with van der Waals surface area (Å²) in [7, 11) is 0. The lowest BCUT2D eigenvalue weighted by molar-refractivity contribution is 0.442. The summed E-state index contributed by atoms with van der Waals surface area (Å²) in [5.74, 6) is 1.52. The number of anilines is 1. The van der Waals surface area contributed by atoms with Gasteiger partial charge in [-0.25, -0.2) is 4.98 Å². The van der Waals surface area contributed by atoms with E-state index in [9.17, 15) is 0 Å². The monoisotopic (exact) mass is 298 g/mol. The van der Waals surface area contributed by atoms with Crippen molar-refractivity contribution in [2.45, 2.75) is 38.6 Å². The molecule has 0 bridgehead atoms. The second-order valence-electron chi connectivity index (χ2n) is 5.70. The van der Waals surface area contributed by atoms with Gasteiger partial charge < -0.3 is 9.84 Å². The lowest BCUT2D eigenvalue weighted by atomic mass is 10.3. The van der Waals surface area contributed by atoms with Crippen LogP contribution in [0.25, 0.3) is 11.1 Å². The van der Waals surface area contributed by atoms with Gasteiger partial charge in [-0.2, -0.15) is 10.1 Å².